The van der Waals surface area contributed by atoms with Crippen LogP contribution in [0.1, 0.15) is 25.3 Å². The van der Waals surface area contributed by atoms with Crippen LogP contribution in [-0.2, 0) is 20.9 Å². The fourth-order valence-electron chi connectivity index (χ4n) is 3.10. The first-order valence-corrected chi connectivity index (χ1v) is 11.6. The summed E-state index contributed by atoms with van der Waals surface area (Å²) >= 11 is 1.29. The van der Waals surface area contributed by atoms with Gasteiger partial charge in [0.2, 0.25) is 16.9 Å². The molecule has 9 heteroatoms. The molecule has 2 amide bonds. The third-order valence-corrected chi connectivity index (χ3v) is 5.69. The van der Waals surface area contributed by atoms with Crippen LogP contribution in [0.3, 0.4) is 0 Å². The predicted octanol–water partition coefficient (Wildman–Crippen LogP) is 4.00. The summed E-state index contributed by atoms with van der Waals surface area (Å²) in [6.07, 6.45) is 0.968. The zero-order valence-corrected chi connectivity index (χ0v) is 19.6. The molecule has 1 aromatic heterocycles. The van der Waals surface area contributed by atoms with Gasteiger partial charge in [-0.15, -0.1) is 10.2 Å². The van der Waals surface area contributed by atoms with E-state index in [-0.39, 0.29) is 24.8 Å². The molecule has 0 atom stereocenters. The summed E-state index contributed by atoms with van der Waals surface area (Å²) < 4.78 is 10.7. The Morgan fingerprint density at radius 1 is 1.03 bits per heavy atom. The molecule has 174 valence electrons. The molecule has 0 aliphatic rings. The largest absolute Gasteiger partial charge is 0.497 e. The summed E-state index contributed by atoms with van der Waals surface area (Å²) in [6.45, 7) is 3.24. The number of benzene rings is 2. The molecule has 2 aromatic carbocycles. The Bertz CT molecular complexity index is 1020. The molecule has 3 rings (SSSR count). The van der Waals surface area contributed by atoms with Gasteiger partial charge in [0.1, 0.15) is 17.4 Å². The number of ether oxygens (including phenoxy) is 2. The van der Waals surface area contributed by atoms with Gasteiger partial charge >= 0.3 is 0 Å². The van der Waals surface area contributed by atoms with Crippen LogP contribution in [0.25, 0.3) is 10.6 Å². The number of amides is 2. The maximum Gasteiger partial charge on any atom is 0.248 e. The maximum absolute atomic E-state index is 12.5. The normalized spacial score (nSPS) is 10.6. The highest BCUT2D eigenvalue weighted by molar-refractivity contribution is 7.18. The predicted molar refractivity (Wildman–Crippen MR) is 128 cm³/mol. The second kappa shape index (κ2) is 12.7. The van der Waals surface area contributed by atoms with Crippen molar-refractivity contribution in [3.05, 3.63) is 60.2 Å². The third-order valence-electron chi connectivity index (χ3n) is 4.80. The van der Waals surface area contributed by atoms with Crippen LogP contribution in [0.15, 0.2) is 54.6 Å². The number of carbonyl (C=O) groups excluding carboxylic acids is 2. The van der Waals surface area contributed by atoms with E-state index >= 15 is 0 Å². The van der Waals surface area contributed by atoms with Crippen molar-refractivity contribution in [1.29, 1.82) is 0 Å². The van der Waals surface area contributed by atoms with Crippen LogP contribution in [-0.4, -0.2) is 53.7 Å². The Morgan fingerprint density at radius 3 is 2.48 bits per heavy atom. The van der Waals surface area contributed by atoms with E-state index in [0.29, 0.717) is 29.8 Å². The standard InChI is InChI=1S/C24H28N4O4S/c1-3-14-28(22(30)17-32-16-18-7-5-4-6-8-18)15-13-21(29)25-24-27-26-23(33-24)19-9-11-20(31-2)12-10-19/h4-12H,3,13-17H2,1-2H3,(H,25,27,29). The Balaban J connectivity index is 1.46. The number of carbonyl (C=O) groups is 2. The molecule has 0 saturated heterocycles. The fourth-order valence-corrected chi connectivity index (χ4v) is 3.86. The van der Waals surface area contributed by atoms with E-state index in [1.165, 1.54) is 11.3 Å². The van der Waals surface area contributed by atoms with Crippen molar-refractivity contribution in [3.8, 4) is 16.3 Å². The van der Waals surface area contributed by atoms with Crippen LogP contribution in [0, 0.1) is 0 Å². The molecule has 0 spiro atoms. The van der Waals surface area contributed by atoms with Gasteiger partial charge in [0.15, 0.2) is 0 Å². The molecule has 0 radical (unpaired) electrons. The minimum Gasteiger partial charge on any atom is -0.497 e. The van der Waals surface area contributed by atoms with Crippen molar-refractivity contribution >= 4 is 28.3 Å². The van der Waals surface area contributed by atoms with E-state index in [0.717, 1.165) is 23.3 Å². The van der Waals surface area contributed by atoms with E-state index < -0.39 is 0 Å². The second-order valence-electron chi connectivity index (χ2n) is 7.30. The molecule has 33 heavy (non-hydrogen) atoms. The summed E-state index contributed by atoms with van der Waals surface area (Å²) in [4.78, 5) is 26.6. The molecule has 0 saturated carbocycles. The van der Waals surface area contributed by atoms with Crippen molar-refractivity contribution in [2.24, 2.45) is 0 Å². The minimum absolute atomic E-state index is 0.0157. The zero-order chi connectivity index (χ0) is 23.5. The number of hydrogen-bond donors (Lipinski definition) is 1. The summed E-state index contributed by atoms with van der Waals surface area (Å²) in [5.74, 6) is 0.415. The number of nitrogens with zero attached hydrogens (tertiary/aromatic N) is 3. The molecule has 1 heterocycles. The number of anilines is 1. The summed E-state index contributed by atoms with van der Waals surface area (Å²) in [7, 11) is 1.61. The van der Waals surface area contributed by atoms with Crippen molar-refractivity contribution in [2.45, 2.75) is 26.4 Å². The van der Waals surface area contributed by atoms with E-state index in [4.69, 9.17) is 9.47 Å². The van der Waals surface area contributed by atoms with Crippen molar-refractivity contribution in [2.75, 3.05) is 32.1 Å². The van der Waals surface area contributed by atoms with Gasteiger partial charge in [-0.2, -0.15) is 0 Å². The van der Waals surface area contributed by atoms with Gasteiger partial charge in [0.05, 0.1) is 13.7 Å². The first-order chi connectivity index (χ1) is 16.1. The number of hydrogen-bond acceptors (Lipinski definition) is 7. The number of aromatic nitrogens is 2. The van der Waals surface area contributed by atoms with E-state index in [1.54, 1.807) is 12.0 Å². The van der Waals surface area contributed by atoms with Crippen LogP contribution in [0.2, 0.25) is 0 Å². The van der Waals surface area contributed by atoms with Crippen molar-refractivity contribution < 1.29 is 19.1 Å². The molecule has 0 fully saturated rings. The Hall–Kier alpha value is -3.30. The van der Waals surface area contributed by atoms with Crippen molar-refractivity contribution in [1.82, 2.24) is 15.1 Å². The van der Waals surface area contributed by atoms with Gasteiger partial charge in [0, 0.05) is 25.1 Å². The molecule has 0 unspecified atom stereocenters. The highest BCUT2D eigenvalue weighted by Crippen LogP contribution is 2.27. The maximum atomic E-state index is 12.5. The highest BCUT2D eigenvalue weighted by Gasteiger charge is 2.16. The van der Waals surface area contributed by atoms with Crippen LogP contribution in [0.4, 0.5) is 5.13 Å². The highest BCUT2D eigenvalue weighted by atomic mass is 32.1. The molecule has 1 N–H and O–H groups in total. The lowest BCUT2D eigenvalue weighted by molar-refractivity contribution is -0.136. The second-order valence-corrected chi connectivity index (χ2v) is 8.28. The Morgan fingerprint density at radius 2 is 1.79 bits per heavy atom. The fraction of sp³-hybridized carbons (Fsp3) is 0.333. The van der Waals surface area contributed by atoms with Crippen LogP contribution in [0.5, 0.6) is 5.75 Å². The van der Waals surface area contributed by atoms with Crippen LogP contribution >= 0.6 is 11.3 Å². The van der Waals surface area contributed by atoms with Gasteiger partial charge < -0.3 is 19.7 Å². The molecule has 0 aliphatic heterocycles. The SMILES string of the molecule is CCCN(CCC(=O)Nc1nnc(-c2ccc(OC)cc2)s1)C(=O)COCc1ccccc1. The molecule has 3 aromatic rings. The van der Waals surface area contributed by atoms with Gasteiger partial charge in [-0.25, -0.2) is 0 Å². The lowest BCUT2D eigenvalue weighted by Gasteiger charge is -2.21. The topological polar surface area (TPSA) is 93.7 Å². The lowest BCUT2D eigenvalue weighted by Crippen LogP contribution is -2.37. The number of rotatable bonds is 12. The quantitative estimate of drug-likeness (QED) is 0.432. The smallest absolute Gasteiger partial charge is 0.248 e. The third kappa shape index (κ3) is 7.65. The Kier molecular flexibility index (Phi) is 9.34. The molecular weight excluding hydrogens is 440 g/mol. The van der Waals surface area contributed by atoms with Crippen molar-refractivity contribution in [3.63, 3.8) is 0 Å². The van der Waals surface area contributed by atoms with E-state index in [9.17, 15) is 9.59 Å². The van der Waals surface area contributed by atoms with Gasteiger partial charge in [0.25, 0.3) is 0 Å². The summed E-state index contributed by atoms with van der Waals surface area (Å²) in [5, 5.41) is 12.1. The monoisotopic (exact) mass is 468 g/mol. The summed E-state index contributed by atoms with van der Waals surface area (Å²) in [6, 6.07) is 17.2. The molecule has 8 nitrogen and oxygen atoms in total. The zero-order valence-electron chi connectivity index (χ0n) is 18.8. The minimum atomic E-state index is -0.216. The van der Waals surface area contributed by atoms with Crippen LogP contribution < -0.4 is 10.1 Å². The molecule has 0 aliphatic carbocycles. The number of nitrogens with one attached hydrogen (secondary N) is 1. The van der Waals surface area contributed by atoms with E-state index in [2.05, 4.69) is 15.5 Å². The summed E-state index contributed by atoms with van der Waals surface area (Å²) in [5.41, 5.74) is 1.90. The average Bonchev–Trinajstić information content (AvgIpc) is 3.30. The molecular formula is C24H28N4O4S. The van der Waals surface area contributed by atoms with Gasteiger partial charge in [-0.1, -0.05) is 48.6 Å². The number of methoxy groups -OCH3 is 1. The Labute approximate surface area is 197 Å². The lowest BCUT2D eigenvalue weighted by atomic mass is 10.2. The average molecular weight is 469 g/mol. The van der Waals surface area contributed by atoms with Gasteiger partial charge in [-0.3, -0.25) is 9.59 Å². The first-order valence-electron chi connectivity index (χ1n) is 10.8. The molecule has 0 bridgehead atoms. The van der Waals surface area contributed by atoms with Gasteiger partial charge in [-0.05, 0) is 36.2 Å². The first kappa shape index (κ1) is 24.3. The van der Waals surface area contributed by atoms with E-state index in [1.807, 2.05) is 61.5 Å².